The number of aryl methyl sites for hydroxylation is 1. The van der Waals surface area contributed by atoms with Crippen molar-refractivity contribution in [3.8, 4) is 10.4 Å². The van der Waals surface area contributed by atoms with Crippen LogP contribution in [0, 0.1) is 24.2 Å². The Labute approximate surface area is 243 Å². The lowest BCUT2D eigenvalue weighted by atomic mass is 9.78. The summed E-state index contributed by atoms with van der Waals surface area (Å²) in [5, 5.41) is 3.51. The van der Waals surface area contributed by atoms with Gasteiger partial charge < -0.3 is 16.8 Å². The standard InChI is InChI=1S/C19H25N3S.C12H25N.C2H5N/c1-13-9-18(22(4)11-13)14(2)20-10-16-5-7-17(8-6-16)19-15(3)21-12-23-19;1-5-11(12(2,3)4)9-7-6-8-10-13;1-2-3/h5-8,12-13,18,20H,2,9-11H2,1,3-4H3;5,11H,1,6-10,13H2,2-4H3;2H,1,3H2/t13-,18?;11-;/m10./s1. The van der Waals surface area contributed by atoms with Gasteiger partial charge in [-0.25, -0.2) is 4.98 Å². The van der Waals surface area contributed by atoms with E-state index in [4.69, 9.17) is 5.73 Å². The molecule has 5 nitrogen and oxygen atoms in total. The number of thiazole rings is 1. The molecule has 218 valence electrons. The van der Waals surface area contributed by atoms with E-state index in [1.165, 1.54) is 47.9 Å². The molecule has 3 atom stereocenters. The molecule has 0 radical (unpaired) electrons. The Kier molecular flexibility index (Phi) is 16.0. The summed E-state index contributed by atoms with van der Waals surface area (Å²) in [5.41, 5.74) is 17.1. The Morgan fingerprint density at radius 2 is 1.85 bits per heavy atom. The number of benzene rings is 1. The Morgan fingerprint density at radius 3 is 2.31 bits per heavy atom. The van der Waals surface area contributed by atoms with E-state index in [9.17, 15) is 0 Å². The van der Waals surface area contributed by atoms with E-state index >= 15 is 0 Å². The van der Waals surface area contributed by atoms with Crippen LogP contribution in [0.25, 0.3) is 10.4 Å². The number of likely N-dealkylation sites (tertiary alicyclic amines) is 1. The number of hydrogen-bond acceptors (Lipinski definition) is 6. The van der Waals surface area contributed by atoms with Gasteiger partial charge in [-0.05, 0) is 74.4 Å². The summed E-state index contributed by atoms with van der Waals surface area (Å²) < 4.78 is 0. The van der Waals surface area contributed by atoms with Crippen LogP contribution in [-0.4, -0.2) is 36.1 Å². The minimum Gasteiger partial charge on any atom is -0.405 e. The Morgan fingerprint density at radius 1 is 1.21 bits per heavy atom. The molecule has 0 bridgehead atoms. The highest BCUT2D eigenvalue weighted by atomic mass is 32.1. The van der Waals surface area contributed by atoms with E-state index in [0.717, 1.165) is 43.4 Å². The van der Waals surface area contributed by atoms with E-state index < -0.39 is 0 Å². The van der Waals surface area contributed by atoms with Gasteiger partial charge in [-0.1, -0.05) is 84.0 Å². The lowest BCUT2D eigenvalue weighted by molar-refractivity contribution is 0.272. The predicted molar refractivity (Wildman–Crippen MR) is 174 cm³/mol. The summed E-state index contributed by atoms with van der Waals surface area (Å²) in [6.45, 7) is 25.3. The first-order valence-corrected chi connectivity index (χ1v) is 15.1. The molecule has 2 heterocycles. The summed E-state index contributed by atoms with van der Waals surface area (Å²) in [7, 11) is 2.19. The lowest BCUT2D eigenvalue weighted by Gasteiger charge is -2.27. The van der Waals surface area contributed by atoms with Crippen LogP contribution < -0.4 is 16.8 Å². The highest BCUT2D eigenvalue weighted by Crippen LogP contribution is 2.31. The zero-order chi connectivity index (χ0) is 29.4. The van der Waals surface area contributed by atoms with Gasteiger partial charge in [-0.3, -0.25) is 4.90 Å². The smallest absolute Gasteiger partial charge is 0.0801 e. The summed E-state index contributed by atoms with van der Waals surface area (Å²) in [5.74, 6) is 1.40. The van der Waals surface area contributed by atoms with Crippen molar-refractivity contribution >= 4 is 11.3 Å². The van der Waals surface area contributed by atoms with Crippen LogP contribution in [0.1, 0.15) is 71.1 Å². The fraction of sp³-hybridized carbons (Fsp3) is 0.545. The Balaban J connectivity index is 0.000000406. The van der Waals surface area contributed by atoms with Gasteiger partial charge in [0.15, 0.2) is 0 Å². The van der Waals surface area contributed by atoms with E-state index in [1.807, 2.05) is 5.51 Å². The molecule has 1 aromatic carbocycles. The van der Waals surface area contributed by atoms with E-state index in [0.29, 0.717) is 17.4 Å². The van der Waals surface area contributed by atoms with Crippen molar-refractivity contribution in [1.29, 1.82) is 0 Å². The van der Waals surface area contributed by atoms with E-state index in [-0.39, 0.29) is 0 Å². The number of unbranched alkanes of at least 4 members (excludes halogenated alkanes) is 2. The molecular weight excluding hydrogens is 498 g/mol. The van der Waals surface area contributed by atoms with Crippen molar-refractivity contribution in [1.82, 2.24) is 15.2 Å². The highest BCUT2D eigenvalue weighted by molar-refractivity contribution is 7.13. The second kappa shape index (κ2) is 18.0. The SMILES string of the molecule is C=C(NCc1ccc(-c2scnc2C)cc1)C1C[C@@H](C)CN1C.C=CN.C=C[C@@H](CCCCCN)C(C)(C)C. The number of nitrogens with one attached hydrogen (secondary N) is 1. The molecule has 39 heavy (non-hydrogen) atoms. The van der Waals surface area contributed by atoms with Gasteiger partial charge in [0.2, 0.25) is 0 Å². The van der Waals surface area contributed by atoms with Crippen molar-refractivity contribution in [2.24, 2.45) is 28.7 Å². The molecular formula is C33H55N5S. The molecule has 0 amide bonds. The average Bonchev–Trinajstić information content (AvgIpc) is 3.47. The Bertz CT molecular complexity index is 973. The number of rotatable bonds is 11. The van der Waals surface area contributed by atoms with Gasteiger partial charge in [0, 0.05) is 24.8 Å². The third kappa shape index (κ3) is 12.5. The van der Waals surface area contributed by atoms with Crippen molar-refractivity contribution in [2.45, 2.75) is 79.3 Å². The van der Waals surface area contributed by atoms with Crippen LogP contribution in [0.4, 0.5) is 0 Å². The van der Waals surface area contributed by atoms with Gasteiger partial charge in [-0.2, -0.15) is 0 Å². The number of hydrogen-bond donors (Lipinski definition) is 3. The number of nitrogens with zero attached hydrogens (tertiary/aromatic N) is 2. The molecule has 0 saturated carbocycles. The maximum absolute atomic E-state index is 5.44. The van der Waals surface area contributed by atoms with Crippen LogP contribution in [0.15, 0.2) is 67.5 Å². The zero-order valence-corrected chi connectivity index (χ0v) is 26.3. The van der Waals surface area contributed by atoms with E-state index in [2.05, 4.69) is 113 Å². The maximum Gasteiger partial charge on any atom is 0.0801 e. The van der Waals surface area contributed by atoms with E-state index in [1.54, 1.807) is 11.3 Å². The zero-order valence-electron chi connectivity index (χ0n) is 25.5. The van der Waals surface area contributed by atoms with Crippen molar-refractivity contribution in [3.63, 3.8) is 0 Å². The molecule has 3 rings (SSSR count). The normalized spacial score (nSPS) is 17.7. The molecule has 0 spiro atoms. The van der Waals surface area contributed by atoms with Crippen molar-refractivity contribution in [2.75, 3.05) is 20.1 Å². The average molecular weight is 554 g/mol. The second-order valence-electron chi connectivity index (χ2n) is 11.7. The first-order valence-electron chi connectivity index (χ1n) is 14.3. The molecule has 1 aliphatic heterocycles. The molecule has 0 aliphatic carbocycles. The number of nitrogens with two attached hydrogens (primary N) is 2. The minimum absolute atomic E-state index is 0.366. The fourth-order valence-corrected chi connectivity index (χ4v) is 5.75. The fourth-order valence-electron chi connectivity index (χ4n) is 4.94. The highest BCUT2D eigenvalue weighted by Gasteiger charge is 2.28. The van der Waals surface area contributed by atoms with Gasteiger partial charge in [-0.15, -0.1) is 17.9 Å². The molecule has 6 heteroatoms. The van der Waals surface area contributed by atoms with Crippen molar-refractivity contribution in [3.05, 3.63) is 78.7 Å². The molecule has 2 aromatic rings. The third-order valence-electron chi connectivity index (χ3n) is 7.26. The number of allylic oxidation sites excluding steroid dienone is 1. The summed E-state index contributed by atoms with van der Waals surface area (Å²) in [6, 6.07) is 9.21. The topological polar surface area (TPSA) is 80.2 Å². The quantitative estimate of drug-likeness (QED) is 0.198. The summed E-state index contributed by atoms with van der Waals surface area (Å²) >= 11 is 1.70. The monoisotopic (exact) mass is 553 g/mol. The molecule has 1 fully saturated rings. The Hall–Kier alpha value is -2.41. The first kappa shape index (κ1) is 34.6. The second-order valence-corrected chi connectivity index (χ2v) is 12.6. The third-order valence-corrected chi connectivity index (χ3v) is 8.23. The van der Waals surface area contributed by atoms with Crippen LogP contribution in [-0.2, 0) is 6.54 Å². The molecule has 1 unspecified atom stereocenters. The number of aromatic nitrogens is 1. The van der Waals surface area contributed by atoms with Crippen LogP contribution >= 0.6 is 11.3 Å². The predicted octanol–water partition coefficient (Wildman–Crippen LogP) is 7.50. The molecule has 1 saturated heterocycles. The summed E-state index contributed by atoms with van der Waals surface area (Å²) in [4.78, 5) is 7.98. The largest absolute Gasteiger partial charge is 0.405 e. The van der Waals surface area contributed by atoms with Crippen LogP contribution in [0.3, 0.4) is 0 Å². The summed E-state index contributed by atoms with van der Waals surface area (Å²) in [6.07, 6.45) is 9.51. The minimum atomic E-state index is 0.366. The first-order chi connectivity index (χ1) is 18.5. The van der Waals surface area contributed by atoms with Gasteiger partial charge in [0.25, 0.3) is 0 Å². The lowest BCUT2D eigenvalue weighted by Crippen LogP contribution is -2.32. The maximum atomic E-state index is 5.44. The van der Waals surface area contributed by atoms with Gasteiger partial charge in [0.1, 0.15) is 0 Å². The molecule has 1 aliphatic rings. The van der Waals surface area contributed by atoms with Crippen LogP contribution in [0.5, 0.6) is 0 Å². The molecule has 1 aromatic heterocycles. The van der Waals surface area contributed by atoms with Gasteiger partial charge >= 0.3 is 0 Å². The number of likely N-dealkylation sites (N-methyl/N-ethyl adjacent to an activating group) is 1. The van der Waals surface area contributed by atoms with Gasteiger partial charge in [0.05, 0.1) is 16.1 Å². The van der Waals surface area contributed by atoms with Crippen LogP contribution in [0.2, 0.25) is 0 Å². The molecule has 5 N–H and O–H groups in total. The van der Waals surface area contributed by atoms with Crippen molar-refractivity contribution < 1.29 is 0 Å².